The molecule has 1 saturated heterocycles. The van der Waals surface area contributed by atoms with E-state index in [9.17, 15) is 9.59 Å². The number of piperidine rings is 1. The number of benzene rings is 2. The number of aromatic nitrogens is 3. The van der Waals surface area contributed by atoms with Crippen molar-refractivity contribution in [3.8, 4) is 5.75 Å². The molecule has 0 atom stereocenters. The summed E-state index contributed by atoms with van der Waals surface area (Å²) in [5.41, 5.74) is 3.71. The van der Waals surface area contributed by atoms with E-state index in [-0.39, 0.29) is 23.7 Å². The molecule has 0 bridgehead atoms. The number of anilines is 2. The molecule has 2 aromatic carbocycles. The van der Waals surface area contributed by atoms with Crippen LogP contribution < -0.4 is 10.1 Å². The number of likely N-dealkylation sites (tertiary alicyclic amines) is 1. The molecule has 40 heavy (non-hydrogen) atoms. The molecule has 2 aliphatic heterocycles. The summed E-state index contributed by atoms with van der Waals surface area (Å²) in [7, 11) is 0. The molecule has 9 nitrogen and oxygen atoms in total. The van der Waals surface area contributed by atoms with Crippen molar-refractivity contribution in [1.82, 2.24) is 19.5 Å². The van der Waals surface area contributed by atoms with Crippen molar-refractivity contribution >= 4 is 29.0 Å². The van der Waals surface area contributed by atoms with Gasteiger partial charge >= 0.3 is 5.97 Å². The number of ether oxygens (including phenoxy) is 2. The monoisotopic (exact) mass is 539 g/mol. The van der Waals surface area contributed by atoms with Gasteiger partial charge in [0.05, 0.1) is 18.5 Å². The van der Waals surface area contributed by atoms with Gasteiger partial charge in [-0.2, -0.15) is 9.61 Å². The van der Waals surface area contributed by atoms with Gasteiger partial charge in [-0.15, -0.1) is 0 Å². The van der Waals surface area contributed by atoms with Crippen LogP contribution in [-0.4, -0.2) is 56.7 Å². The number of fused-ring (bicyclic) bond motifs is 2. The van der Waals surface area contributed by atoms with Crippen LogP contribution in [0.3, 0.4) is 0 Å². The second kappa shape index (κ2) is 10.3. The Morgan fingerprint density at radius 2 is 1.82 bits per heavy atom. The van der Waals surface area contributed by atoms with E-state index in [0.29, 0.717) is 36.0 Å². The Bertz CT molecular complexity index is 1570. The predicted octanol–water partition coefficient (Wildman–Crippen LogP) is 5.38. The second-order valence-corrected chi connectivity index (χ2v) is 11.0. The maximum absolute atomic E-state index is 14.0. The van der Waals surface area contributed by atoms with Crippen LogP contribution >= 0.6 is 0 Å². The average molecular weight is 540 g/mol. The number of carbonyl (C=O) groups excluding carboxylic acids is 2. The number of esters is 1. The number of hydrogen-bond acceptors (Lipinski definition) is 7. The van der Waals surface area contributed by atoms with E-state index in [4.69, 9.17) is 9.47 Å². The molecule has 4 heterocycles. The standard InChI is InChI=1S/C31H33N5O4/c1-4-39-30(38)24-19-33-36-27(24)32-18-23(28(36)34-25-12-8-11-22-17-31(2,3)40-26(22)25)29(37)35-15-13-21(14-16-35)20-9-6-5-7-10-20/h5-12,18-19,21,34H,4,13-17H2,1-3H3. The summed E-state index contributed by atoms with van der Waals surface area (Å²) in [6, 6.07) is 16.4. The molecule has 2 aromatic heterocycles. The van der Waals surface area contributed by atoms with Gasteiger partial charge in [0, 0.05) is 31.3 Å². The predicted molar refractivity (Wildman–Crippen MR) is 151 cm³/mol. The first-order chi connectivity index (χ1) is 19.3. The molecule has 206 valence electrons. The van der Waals surface area contributed by atoms with Crippen LogP contribution in [0.1, 0.15) is 71.4 Å². The number of rotatable bonds is 6. The summed E-state index contributed by atoms with van der Waals surface area (Å²) in [4.78, 5) is 32.9. The van der Waals surface area contributed by atoms with Crippen molar-refractivity contribution in [2.24, 2.45) is 0 Å². The zero-order chi connectivity index (χ0) is 27.9. The lowest BCUT2D eigenvalue weighted by atomic mass is 9.89. The molecule has 1 amide bonds. The Balaban J connectivity index is 1.36. The first kappa shape index (κ1) is 25.9. The van der Waals surface area contributed by atoms with Crippen LogP contribution in [-0.2, 0) is 11.2 Å². The molecule has 6 rings (SSSR count). The SMILES string of the molecule is CCOC(=O)c1cnn2c(Nc3cccc4c3OC(C)(C)C4)c(C(=O)N3CCC(c4ccccc4)CC3)cnc12. The van der Waals surface area contributed by atoms with Gasteiger partial charge in [-0.05, 0) is 51.2 Å². The largest absolute Gasteiger partial charge is 0.485 e. The van der Waals surface area contributed by atoms with Crippen LogP contribution in [0.5, 0.6) is 5.75 Å². The zero-order valence-electron chi connectivity index (χ0n) is 23.0. The van der Waals surface area contributed by atoms with Crippen LogP contribution in [0.15, 0.2) is 60.9 Å². The normalized spacial score (nSPS) is 16.4. The fourth-order valence-electron chi connectivity index (χ4n) is 5.71. The third-order valence-corrected chi connectivity index (χ3v) is 7.65. The molecule has 4 aromatic rings. The molecule has 0 aliphatic carbocycles. The van der Waals surface area contributed by atoms with E-state index in [0.717, 1.165) is 36.3 Å². The number of carbonyl (C=O) groups is 2. The summed E-state index contributed by atoms with van der Waals surface area (Å²) in [6.45, 7) is 7.37. The molecule has 0 unspecified atom stereocenters. The molecule has 1 N–H and O–H groups in total. The van der Waals surface area contributed by atoms with Crippen molar-refractivity contribution < 1.29 is 19.1 Å². The van der Waals surface area contributed by atoms with Crippen molar-refractivity contribution in [3.63, 3.8) is 0 Å². The average Bonchev–Trinajstić information content (AvgIpc) is 3.54. The van der Waals surface area contributed by atoms with E-state index in [1.807, 2.05) is 29.2 Å². The van der Waals surface area contributed by atoms with Gasteiger partial charge in [0.1, 0.15) is 28.3 Å². The molecule has 2 aliphatic rings. The number of hydrogen-bond donors (Lipinski definition) is 1. The van der Waals surface area contributed by atoms with Gasteiger partial charge in [-0.1, -0.05) is 42.5 Å². The number of para-hydroxylation sites is 1. The lowest BCUT2D eigenvalue weighted by Crippen LogP contribution is -2.38. The minimum absolute atomic E-state index is 0.134. The topological polar surface area (TPSA) is 98.1 Å². The smallest absolute Gasteiger partial charge is 0.343 e. The van der Waals surface area contributed by atoms with Gasteiger partial charge in [-0.3, -0.25) is 4.79 Å². The van der Waals surface area contributed by atoms with Crippen molar-refractivity contribution in [3.05, 3.63) is 83.2 Å². The Morgan fingerprint density at radius 1 is 1.05 bits per heavy atom. The lowest BCUT2D eigenvalue weighted by molar-refractivity contribution is 0.0528. The van der Waals surface area contributed by atoms with E-state index < -0.39 is 5.97 Å². The van der Waals surface area contributed by atoms with E-state index >= 15 is 0 Å². The van der Waals surface area contributed by atoms with Crippen molar-refractivity contribution in [1.29, 1.82) is 0 Å². The van der Waals surface area contributed by atoms with Gasteiger partial charge in [0.2, 0.25) is 0 Å². The number of amides is 1. The Labute approximate surface area is 233 Å². The Morgan fingerprint density at radius 3 is 2.58 bits per heavy atom. The third-order valence-electron chi connectivity index (χ3n) is 7.65. The van der Waals surface area contributed by atoms with Crippen LogP contribution in [0.25, 0.3) is 5.65 Å². The summed E-state index contributed by atoms with van der Waals surface area (Å²) in [6.07, 6.45) is 5.51. The van der Waals surface area contributed by atoms with Crippen LogP contribution in [0.2, 0.25) is 0 Å². The van der Waals surface area contributed by atoms with E-state index in [2.05, 4.69) is 53.5 Å². The molecule has 0 spiro atoms. The maximum atomic E-state index is 14.0. The minimum atomic E-state index is -0.510. The highest BCUT2D eigenvalue weighted by Gasteiger charge is 2.33. The Kier molecular flexibility index (Phi) is 6.65. The molecule has 1 fully saturated rings. The molecule has 0 radical (unpaired) electrons. The highest BCUT2D eigenvalue weighted by molar-refractivity contribution is 6.01. The zero-order valence-corrected chi connectivity index (χ0v) is 23.0. The lowest BCUT2D eigenvalue weighted by Gasteiger charge is -2.32. The van der Waals surface area contributed by atoms with Crippen LogP contribution in [0.4, 0.5) is 11.5 Å². The summed E-state index contributed by atoms with van der Waals surface area (Å²) in [5, 5.41) is 7.89. The summed E-state index contributed by atoms with van der Waals surface area (Å²) in [5.74, 6) is 0.956. The fraction of sp³-hybridized carbons (Fsp3) is 0.355. The maximum Gasteiger partial charge on any atom is 0.343 e. The quantitative estimate of drug-likeness (QED) is 0.328. The van der Waals surface area contributed by atoms with Crippen molar-refractivity contribution in [2.75, 3.05) is 25.0 Å². The Hall–Kier alpha value is -4.40. The fourth-order valence-corrected chi connectivity index (χ4v) is 5.71. The van der Waals surface area contributed by atoms with Gasteiger partial charge < -0.3 is 19.7 Å². The van der Waals surface area contributed by atoms with Crippen LogP contribution in [0, 0.1) is 0 Å². The van der Waals surface area contributed by atoms with Gasteiger partial charge in [0.25, 0.3) is 5.91 Å². The summed E-state index contributed by atoms with van der Waals surface area (Å²) < 4.78 is 13.0. The summed E-state index contributed by atoms with van der Waals surface area (Å²) >= 11 is 0. The third kappa shape index (κ3) is 4.76. The number of nitrogens with one attached hydrogen (secondary N) is 1. The van der Waals surface area contributed by atoms with Gasteiger partial charge in [-0.25, -0.2) is 9.78 Å². The molecule has 0 saturated carbocycles. The first-order valence-corrected chi connectivity index (χ1v) is 13.8. The van der Waals surface area contributed by atoms with E-state index in [1.54, 1.807) is 6.92 Å². The van der Waals surface area contributed by atoms with Gasteiger partial charge in [0.15, 0.2) is 5.65 Å². The first-order valence-electron chi connectivity index (χ1n) is 13.8. The molecular weight excluding hydrogens is 506 g/mol. The van der Waals surface area contributed by atoms with E-state index in [1.165, 1.54) is 22.5 Å². The molecular formula is C31H33N5O4. The van der Waals surface area contributed by atoms with Crippen molar-refractivity contribution in [2.45, 2.75) is 51.6 Å². The molecule has 9 heteroatoms. The highest BCUT2D eigenvalue weighted by Crippen LogP contribution is 2.42. The minimum Gasteiger partial charge on any atom is -0.485 e. The second-order valence-electron chi connectivity index (χ2n) is 11.0. The number of nitrogens with zero attached hydrogens (tertiary/aromatic N) is 4. The highest BCUT2D eigenvalue weighted by atomic mass is 16.5.